The molecule has 1 atom stereocenters. The van der Waals surface area contributed by atoms with E-state index in [1.807, 2.05) is 36.0 Å². The molecule has 2 aromatic rings. The number of hydrogen-bond donors (Lipinski definition) is 1. The molecule has 1 N–H and O–H groups in total. The summed E-state index contributed by atoms with van der Waals surface area (Å²) in [6.07, 6.45) is 4.39. The summed E-state index contributed by atoms with van der Waals surface area (Å²) in [4.78, 5) is 15.1. The van der Waals surface area contributed by atoms with E-state index >= 15 is 0 Å². The average Bonchev–Trinajstić information content (AvgIpc) is 2.86. The molecule has 0 aliphatic carbocycles. The molecule has 3 aliphatic rings. The zero-order chi connectivity index (χ0) is 14.4. The first kappa shape index (κ1) is 12.9. The van der Waals surface area contributed by atoms with E-state index in [4.69, 9.17) is 0 Å². The van der Waals surface area contributed by atoms with Crippen LogP contribution in [-0.4, -0.2) is 41.1 Å². The van der Waals surface area contributed by atoms with Gasteiger partial charge < -0.3 is 14.8 Å². The van der Waals surface area contributed by atoms with Crippen molar-refractivity contribution in [3.05, 3.63) is 36.0 Å². The van der Waals surface area contributed by atoms with Gasteiger partial charge in [-0.2, -0.15) is 0 Å². The van der Waals surface area contributed by atoms with Gasteiger partial charge in [0.2, 0.25) is 0 Å². The molecule has 4 heterocycles. The number of nitrogens with zero attached hydrogens (tertiary/aromatic N) is 2. The maximum Gasteiger partial charge on any atom is 0.253 e. The number of para-hydroxylation sites is 1. The summed E-state index contributed by atoms with van der Waals surface area (Å²) in [7, 11) is 1.99. The number of aromatic nitrogens is 1. The van der Waals surface area contributed by atoms with Crippen LogP contribution >= 0.6 is 0 Å². The van der Waals surface area contributed by atoms with Crippen LogP contribution in [0.4, 0.5) is 0 Å². The maximum absolute atomic E-state index is 12.7. The summed E-state index contributed by atoms with van der Waals surface area (Å²) in [5, 5.41) is 4.32. The van der Waals surface area contributed by atoms with E-state index in [1.165, 1.54) is 25.9 Å². The maximum atomic E-state index is 12.7. The Kier molecular flexibility index (Phi) is 3.00. The molecule has 0 spiro atoms. The van der Waals surface area contributed by atoms with Gasteiger partial charge in [-0.15, -0.1) is 0 Å². The zero-order valence-corrected chi connectivity index (χ0v) is 12.4. The van der Waals surface area contributed by atoms with Gasteiger partial charge in [-0.25, -0.2) is 0 Å². The van der Waals surface area contributed by atoms with E-state index in [0.29, 0.717) is 12.0 Å². The van der Waals surface area contributed by atoms with Crippen LogP contribution in [0.3, 0.4) is 0 Å². The summed E-state index contributed by atoms with van der Waals surface area (Å²) in [5.74, 6) is 0.736. The predicted octanol–water partition coefficient (Wildman–Crippen LogP) is 2.00. The van der Waals surface area contributed by atoms with Gasteiger partial charge in [-0.3, -0.25) is 4.79 Å². The lowest BCUT2D eigenvalue weighted by Crippen LogP contribution is -2.57. The second kappa shape index (κ2) is 4.88. The van der Waals surface area contributed by atoms with Crippen LogP contribution in [0.25, 0.3) is 10.9 Å². The van der Waals surface area contributed by atoms with Crippen LogP contribution in [-0.2, 0) is 7.05 Å². The number of nitrogens with one attached hydrogen (secondary N) is 1. The highest BCUT2D eigenvalue weighted by Crippen LogP contribution is 2.28. The molecule has 3 aliphatic heterocycles. The van der Waals surface area contributed by atoms with Crippen LogP contribution < -0.4 is 5.32 Å². The molecule has 0 radical (unpaired) electrons. The van der Waals surface area contributed by atoms with Crippen molar-refractivity contribution in [2.75, 3.05) is 19.6 Å². The number of hydrogen-bond acceptors (Lipinski definition) is 2. The predicted molar refractivity (Wildman–Crippen MR) is 83.3 cm³/mol. The Morgan fingerprint density at radius 3 is 2.71 bits per heavy atom. The van der Waals surface area contributed by atoms with Crippen LogP contribution in [0.1, 0.15) is 23.2 Å². The summed E-state index contributed by atoms with van der Waals surface area (Å²) in [5.41, 5.74) is 1.90. The first-order valence-electron chi connectivity index (χ1n) is 7.79. The van der Waals surface area contributed by atoms with Crippen molar-refractivity contribution in [3.8, 4) is 0 Å². The van der Waals surface area contributed by atoms with Gasteiger partial charge in [0.25, 0.3) is 5.91 Å². The van der Waals surface area contributed by atoms with Gasteiger partial charge in [0, 0.05) is 36.7 Å². The third-order valence-corrected chi connectivity index (χ3v) is 5.11. The van der Waals surface area contributed by atoms with Crippen molar-refractivity contribution >= 4 is 16.8 Å². The van der Waals surface area contributed by atoms with E-state index in [9.17, 15) is 4.79 Å². The first-order valence-corrected chi connectivity index (χ1v) is 7.79. The molecule has 4 nitrogen and oxygen atoms in total. The SMILES string of the molecule is Cn1cc(C(=O)N[C@@H]2CN3CCC2CC3)c2ccccc21. The van der Waals surface area contributed by atoms with Crippen molar-refractivity contribution in [3.63, 3.8) is 0 Å². The Labute approximate surface area is 124 Å². The van der Waals surface area contributed by atoms with E-state index in [0.717, 1.165) is 23.0 Å². The van der Waals surface area contributed by atoms with Gasteiger partial charge in [-0.1, -0.05) is 18.2 Å². The lowest BCUT2D eigenvalue weighted by atomic mass is 9.84. The van der Waals surface area contributed by atoms with E-state index in [-0.39, 0.29) is 5.91 Å². The second-order valence-electron chi connectivity index (χ2n) is 6.39. The summed E-state index contributed by atoms with van der Waals surface area (Å²) >= 11 is 0. The van der Waals surface area contributed by atoms with Crippen molar-refractivity contribution in [2.24, 2.45) is 13.0 Å². The minimum Gasteiger partial charge on any atom is -0.350 e. The minimum absolute atomic E-state index is 0.0746. The van der Waals surface area contributed by atoms with E-state index < -0.39 is 0 Å². The summed E-state index contributed by atoms with van der Waals surface area (Å²) < 4.78 is 2.03. The number of aryl methyl sites for hydroxylation is 1. The minimum atomic E-state index is 0.0746. The Bertz CT molecular complexity index is 682. The number of rotatable bonds is 2. The third kappa shape index (κ3) is 2.14. The number of fused-ring (bicyclic) bond motifs is 4. The number of carbonyl (C=O) groups excluding carboxylic acids is 1. The van der Waals surface area contributed by atoms with E-state index in [1.54, 1.807) is 0 Å². The van der Waals surface area contributed by atoms with Crippen molar-refractivity contribution in [1.82, 2.24) is 14.8 Å². The van der Waals surface area contributed by atoms with Crippen LogP contribution in [0, 0.1) is 5.92 Å². The van der Waals surface area contributed by atoms with Gasteiger partial charge >= 0.3 is 0 Å². The van der Waals surface area contributed by atoms with Crippen molar-refractivity contribution in [1.29, 1.82) is 0 Å². The first-order chi connectivity index (χ1) is 10.2. The van der Waals surface area contributed by atoms with Crippen LogP contribution in [0.5, 0.6) is 0 Å². The topological polar surface area (TPSA) is 37.3 Å². The average molecular weight is 283 g/mol. The standard InChI is InChI=1S/C17H21N3O/c1-19-10-14(13-4-2-3-5-16(13)19)17(21)18-15-11-20-8-6-12(15)7-9-20/h2-5,10,12,15H,6-9,11H2,1H3,(H,18,21)/t15-/m1/s1. The van der Waals surface area contributed by atoms with Gasteiger partial charge in [0.1, 0.15) is 0 Å². The highest BCUT2D eigenvalue weighted by atomic mass is 16.1. The quantitative estimate of drug-likeness (QED) is 0.915. The van der Waals surface area contributed by atoms with Gasteiger partial charge in [0.15, 0.2) is 0 Å². The molecule has 21 heavy (non-hydrogen) atoms. The number of amides is 1. The number of benzene rings is 1. The summed E-state index contributed by atoms with van der Waals surface area (Å²) in [6.45, 7) is 3.41. The molecule has 1 aromatic carbocycles. The highest BCUT2D eigenvalue weighted by Gasteiger charge is 2.35. The molecule has 1 amide bonds. The monoisotopic (exact) mass is 283 g/mol. The molecule has 0 saturated carbocycles. The smallest absolute Gasteiger partial charge is 0.253 e. The van der Waals surface area contributed by atoms with Crippen molar-refractivity contribution < 1.29 is 4.79 Å². The Morgan fingerprint density at radius 1 is 1.24 bits per heavy atom. The number of carbonyl (C=O) groups is 1. The zero-order valence-electron chi connectivity index (χ0n) is 12.4. The molecule has 5 rings (SSSR count). The molecular formula is C17H21N3O. The number of piperidine rings is 3. The normalized spacial score (nSPS) is 28.0. The molecule has 4 heteroatoms. The largest absolute Gasteiger partial charge is 0.350 e. The molecule has 1 aromatic heterocycles. The van der Waals surface area contributed by atoms with Crippen molar-refractivity contribution in [2.45, 2.75) is 18.9 Å². The fourth-order valence-electron chi connectivity index (χ4n) is 3.90. The molecule has 2 bridgehead atoms. The Hall–Kier alpha value is -1.81. The molecule has 0 unspecified atom stereocenters. The van der Waals surface area contributed by atoms with Gasteiger partial charge in [0.05, 0.1) is 5.56 Å². The Morgan fingerprint density at radius 2 is 2.00 bits per heavy atom. The third-order valence-electron chi connectivity index (χ3n) is 5.11. The van der Waals surface area contributed by atoms with Gasteiger partial charge in [-0.05, 0) is 37.9 Å². The Balaban J connectivity index is 1.59. The fourth-order valence-corrected chi connectivity index (χ4v) is 3.90. The summed E-state index contributed by atoms with van der Waals surface area (Å²) in [6, 6.07) is 8.41. The molecular weight excluding hydrogens is 262 g/mol. The fraction of sp³-hybridized carbons (Fsp3) is 0.471. The molecule has 3 fully saturated rings. The molecule has 110 valence electrons. The lowest BCUT2D eigenvalue weighted by Gasteiger charge is -2.44. The second-order valence-corrected chi connectivity index (χ2v) is 6.39. The molecule has 3 saturated heterocycles. The van der Waals surface area contributed by atoms with E-state index in [2.05, 4.69) is 16.3 Å². The highest BCUT2D eigenvalue weighted by molar-refractivity contribution is 6.07. The van der Waals surface area contributed by atoms with Crippen LogP contribution in [0.15, 0.2) is 30.5 Å². The lowest BCUT2D eigenvalue weighted by molar-refractivity contribution is 0.0621. The van der Waals surface area contributed by atoms with Crippen LogP contribution in [0.2, 0.25) is 0 Å².